The van der Waals surface area contributed by atoms with E-state index in [0.717, 1.165) is 28.2 Å². The fourth-order valence-electron chi connectivity index (χ4n) is 4.68. The highest BCUT2D eigenvalue weighted by Gasteiger charge is 2.33. The maximum Gasteiger partial charge on any atom is 0.331 e. The summed E-state index contributed by atoms with van der Waals surface area (Å²) >= 11 is 0. The summed E-state index contributed by atoms with van der Waals surface area (Å²) < 4.78 is 11.2. The second-order valence-corrected chi connectivity index (χ2v) is 8.42. The van der Waals surface area contributed by atoms with Crippen molar-refractivity contribution in [2.24, 2.45) is 14.1 Å². The molecular weight excluding hydrogens is 404 g/mol. The molecule has 2 aromatic heterocycles. The van der Waals surface area contributed by atoms with Gasteiger partial charge in [-0.1, -0.05) is 42.5 Å². The van der Waals surface area contributed by atoms with Gasteiger partial charge < -0.3 is 14.2 Å². The van der Waals surface area contributed by atoms with Gasteiger partial charge in [0.2, 0.25) is 0 Å². The van der Waals surface area contributed by atoms with Crippen LogP contribution in [0.5, 0.6) is 0 Å². The van der Waals surface area contributed by atoms with E-state index in [0.29, 0.717) is 24.1 Å². The summed E-state index contributed by atoms with van der Waals surface area (Å²) in [5.74, 6) is 0. The minimum Gasteiger partial charge on any atom is -0.378 e. The number of hydrogen-bond acceptors (Lipinski definition) is 4. The van der Waals surface area contributed by atoms with Gasteiger partial charge in [0.15, 0.2) is 0 Å². The van der Waals surface area contributed by atoms with E-state index >= 15 is 0 Å². The number of hydrogen-bond donors (Lipinski definition) is 0. The first-order valence-corrected chi connectivity index (χ1v) is 10.7. The molecule has 0 aliphatic carbocycles. The molecule has 0 fully saturated rings. The van der Waals surface area contributed by atoms with Crippen LogP contribution in [-0.4, -0.2) is 34.4 Å². The highest BCUT2D eigenvalue weighted by molar-refractivity contribution is 5.96. The van der Waals surface area contributed by atoms with E-state index in [-0.39, 0.29) is 17.4 Å². The molecule has 7 nitrogen and oxygen atoms in total. The molecule has 5 rings (SSSR count). The Kier molecular flexibility index (Phi) is 4.78. The van der Waals surface area contributed by atoms with Gasteiger partial charge in [-0.15, -0.1) is 0 Å². The zero-order chi connectivity index (χ0) is 22.6. The van der Waals surface area contributed by atoms with Crippen molar-refractivity contribution in [2.45, 2.75) is 12.6 Å². The Morgan fingerprint density at radius 2 is 1.62 bits per heavy atom. The lowest BCUT2D eigenvalue weighted by Crippen LogP contribution is -2.37. The second kappa shape index (κ2) is 7.53. The number of aromatic nitrogens is 3. The third kappa shape index (κ3) is 2.92. The fourth-order valence-corrected chi connectivity index (χ4v) is 4.68. The molecule has 1 aliphatic rings. The Bertz CT molecular complexity index is 1430. The van der Waals surface area contributed by atoms with Crippen LogP contribution in [0.2, 0.25) is 0 Å². The van der Waals surface area contributed by atoms with Gasteiger partial charge in [-0.2, -0.15) is 0 Å². The van der Waals surface area contributed by atoms with Crippen molar-refractivity contribution in [3.63, 3.8) is 0 Å². The highest BCUT2D eigenvalue weighted by Crippen LogP contribution is 2.40. The Balaban J connectivity index is 1.87. The largest absolute Gasteiger partial charge is 0.378 e. The average Bonchev–Trinajstić information content (AvgIpc) is 3.17. The lowest BCUT2D eigenvalue weighted by Gasteiger charge is -2.28. The number of benzene rings is 2. The van der Waals surface area contributed by atoms with Crippen molar-refractivity contribution >= 4 is 16.6 Å². The Morgan fingerprint density at radius 1 is 0.938 bits per heavy atom. The average molecular weight is 431 g/mol. The molecule has 0 bridgehead atoms. The molecule has 4 aromatic rings. The first-order chi connectivity index (χ1) is 15.4. The van der Waals surface area contributed by atoms with Crippen molar-refractivity contribution in [2.75, 3.05) is 25.6 Å². The summed E-state index contributed by atoms with van der Waals surface area (Å²) in [7, 11) is 7.26. The van der Waals surface area contributed by atoms with Crippen LogP contribution >= 0.6 is 0 Å². The highest BCUT2D eigenvalue weighted by atomic mass is 16.5. The number of rotatable bonds is 3. The molecular formula is C25H26N4O3. The van der Waals surface area contributed by atoms with Crippen molar-refractivity contribution in [1.29, 1.82) is 0 Å². The lowest BCUT2D eigenvalue weighted by atomic mass is 10.0. The summed E-state index contributed by atoms with van der Waals surface area (Å²) in [5, 5.41) is 0.552. The second-order valence-electron chi connectivity index (χ2n) is 8.42. The minimum absolute atomic E-state index is 0.287. The fraction of sp³-hybridized carbons (Fsp3) is 0.280. The maximum absolute atomic E-state index is 13.4. The quantitative estimate of drug-likeness (QED) is 0.502. The molecule has 0 saturated carbocycles. The normalized spacial score (nSPS) is 15.7. The van der Waals surface area contributed by atoms with Gasteiger partial charge in [0.1, 0.15) is 6.10 Å². The van der Waals surface area contributed by atoms with Crippen LogP contribution in [0.25, 0.3) is 22.2 Å². The number of fused-ring (bicyclic) bond motifs is 3. The van der Waals surface area contributed by atoms with Crippen LogP contribution in [0.4, 0.5) is 5.69 Å². The lowest BCUT2D eigenvalue weighted by molar-refractivity contribution is 0.0478. The van der Waals surface area contributed by atoms with E-state index in [1.165, 1.54) is 11.6 Å². The van der Waals surface area contributed by atoms with E-state index in [1.54, 1.807) is 11.6 Å². The van der Waals surface area contributed by atoms with Gasteiger partial charge in [-0.3, -0.25) is 13.9 Å². The standard InChI is InChI=1S/C25H26N4O3/c1-26(2)18-12-10-17(11-13-18)23-22-21-19(24(30)28(4)25(31)27(21)3)20(29(22)14-15-32-23)16-8-6-5-7-9-16/h5-13,23H,14-15H2,1-4H3/t23-/m0/s1. The molecule has 0 unspecified atom stereocenters. The van der Waals surface area contributed by atoms with Crippen LogP contribution in [0.3, 0.4) is 0 Å². The predicted octanol–water partition coefficient (Wildman–Crippen LogP) is 2.89. The summed E-state index contributed by atoms with van der Waals surface area (Å²) in [6.45, 7) is 1.13. The minimum atomic E-state index is -0.377. The van der Waals surface area contributed by atoms with Gasteiger partial charge in [0, 0.05) is 40.4 Å². The number of nitrogens with zero attached hydrogens (tertiary/aromatic N) is 4. The molecule has 1 aliphatic heterocycles. The number of ether oxygens (including phenoxy) is 1. The number of anilines is 1. The molecule has 3 heterocycles. The van der Waals surface area contributed by atoms with Crippen molar-refractivity contribution in [3.05, 3.63) is 86.7 Å². The maximum atomic E-state index is 13.4. The Labute approximate surface area is 185 Å². The predicted molar refractivity (Wildman–Crippen MR) is 126 cm³/mol. The molecule has 0 saturated heterocycles. The Hall–Kier alpha value is -3.58. The van der Waals surface area contributed by atoms with E-state index in [1.807, 2.05) is 49.3 Å². The summed E-state index contributed by atoms with van der Waals surface area (Å²) in [6, 6.07) is 18.1. The van der Waals surface area contributed by atoms with Crippen LogP contribution in [0, 0.1) is 0 Å². The topological polar surface area (TPSA) is 61.4 Å². The van der Waals surface area contributed by atoms with Gasteiger partial charge in [-0.05, 0) is 23.3 Å². The monoisotopic (exact) mass is 430 g/mol. The van der Waals surface area contributed by atoms with E-state index in [2.05, 4.69) is 28.8 Å². The van der Waals surface area contributed by atoms with Gasteiger partial charge in [0.25, 0.3) is 5.56 Å². The summed E-state index contributed by atoms with van der Waals surface area (Å²) in [4.78, 5) is 28.3. The summed E-state index contributed by atoms with van der Waals surface area (Å²) in [6.07, 6.45) is -0.377. The zero-order valence-electron chi connectivity index (χ0n) is 18.7. The van der Waals surface area contributed by atoms with Crippen LogP contribution < -0.4 is 16.1 Å². The van der Waals surface area contributed by atoms with Crippen LogP contribution in [-0.2, 0) is 25.4 Å². The molecule has 0 amide bonds. The Morgan fingerprint density at radius 3 is 2.28 bits per heavy atom. The van der Waals surface area contributed by atoms with Gasteiger partial charge in [-0.25, -0.2) is 4.79 Å². The van der Waals surface area contributed by atoms with Gasteiger partial charge >= 0.3 is 5.69 Å². The molecule has 1 atom stereocenters. The SMILES string of the molecule is CN(C)c1ccc([C@@H]2OCCn3c(-c4ccccc4)c4c(=O)n(C)c(=O)n(C)c4c32)cc1. The summed E-state index contributed by atoms with van der Waals surface area (Å²) in [5.41, 5.74) is 4.72. The van der Waals surface area contributed by atoms with E-state index < -0.39 is 0 Å². The first kappa shape index (κ1) is 20.3. The van der Waals surface area contributed by atoms with Crippen molar-refractivity contribution in [1.82, 2.24) is 13.7 Å². The molecule has 32 heavy (non-hydrogen) atoms. The number of aryl methyl sites for hydroxylation is 1. The third-order valence-electron chi connectivity index (χ3n) is 6.31. The van der Waals surface area contributed by atoms with E-state index in [9.17, 15) is 9.59 Å². The molecule has 0 spiro atoms. The van der Waals surface area contributed by atoms with E-state index in [4.69, 9.17) is 4.74 Å². The molecule has 7 heteroatoms. The van der Waals surface area contributed by atoms with Crippen molar-refractivity contribution < 1.29 is 4.74 Å². The third-order valence-corrected chi connectivity index (χ3v) is 6.31. The van der Waals surface area contributed by atoms with Crippen molar-refractivity contribution in [3.8, 4) is 11.3 Å². The van der Waals surface area contributed by atoms with Crippen LogP contribution in [0.1, 0.15) is 17.4 Å². The van der Waals surface area contributed by atoms with Gasteiger partial charge in [0.05, 0.1) is 28.9 Å². The zero-order valence-corrected chi connectivity index (χ0v) is 18.7. The molecule has 2 aromatic carbocycles. The smallest absolute Gasteiger partial charge is 0.331 e. The van der Waals surface area contributed by atoms with Crippen LogP contribution in [0.15, 0.2) is 64.2 Å². The molecule has 164 valence electrons. The molecule has 0 N–H and O–H groups in total. The first-order valence-electron chi connectivity index (χ1n) is 10.7. The molecule has 0 radical (unpaired) electrons.